The Bertz CT molecular complexity index is 440. The molecule has 7 heteroatoms. The van der Waals surface area contributed by atoms with Crippen molar-refractivity contribution >= 4 is 16.0 Å². The van der Waals surface area contributed by atoms with Crippen LogP contribution in [0.3, 0.4) is 0 Å². The Morgan fingerprint density at radius 1 is 1.54 bits per heavy atom. The molecule has 0 aromatic carbocycles. The highest BCUT2D eigenvalue weighted by Gasteiger charge is 2.18. The average Bonchev–Trinajstić information content (AvgIpc) is 2.03. The van der Waals surface area contributed by atoms with Gasteiger partial charge in [0.2, 0.25) is 0 Å². The predicted octanol–water partition coefficient (Wildman–Crippen LogP) is -0.573. The Balaban J connectivity index is 3.46. The third-order valence-corrected chi connectivity index (χ3v) is 2.17. The molecule has 0 spiro atoms. The molecule has 70 valence electrons. The maximum atomic E-state index is 10.7. The van der Waals surface area contributed by atoms with Crippen LogP contribution in [0.2, 0.25) is 0 Å². The van der Waals surface area contributed by atoms with E-state index in [9.17, 15) is 13.2 Å². The lowest BCUT2D eigenvalue weighted by atomic mass is 10.3. The van der Waals surface area contributed by atoms with Crippen LogP contribution < -0.4 is 5.73 Å². The van der Waals surface area contributed by atoms with Gasteiger partial charge in [0.05, 0.1) is 0 Å². The lowest BCUT2D eigenvalue weighted by molar-refractivity contribution is 0.0992. The third kappa shape index (κ3) is 2.01. The third-order valence-electron chi connectivity index (χ3n) is 1.28. The highest BCUT2D eigenvalue weighted by Crippen LogP contribution is 2.11. The van der Waals surface area contributed by atoms with Crippen molar-refractivity contribution in [1.29, 1.82) is 0 Å². The Hall–Kier alpha value is -1.47. The van der Waals surface area contributed by atoms with Gasteiger partial charge in [-0.15, -0.1) is 0 Å². The first kappa shape index (κ1) is 9.62. The fourth-order valence-corrected chi connectivity index (χ4v) is 1.43. The lowest BCUT2D eigenvalue weighted by Crippen LogP contribution is -2.17. The number of carbonyl (C=O) groups excluding carboxylic acids is 1. The maximum absolute atomic E-state index is 10.7. The predicted molar refractivity (Wildman–Crippen MR) is 42.6 cm³/mol. The summed E-state index contributed by atoms with van der Waals surface area (Å²) in [5.74, 6) is -1.01. The van der Waals surface area contributed by atoms with E-state index in [0.717, 1.165) is 6.07 Å². The van der Waals surface area contributed by atoms with Crippen LogP contribution in [0.25, 0.3) is 0 Å². The molecule has 0 saturated heterocycles. The molecule has 0 fully saturated rings. The first-order chi connectivity index (χ1) is 5.93. The minimum Gasteiger partial charge on any atom is -0.364 e. The Morgan fingerprint density at radius 3 is 2.54 bits per heavy atom. The van der Waals surface area contributed by atoms with E-state index in [2.05, 4.69) is 4.98 Å². The summed E-state index contributed by atoms with van der Waals surface area (Å²) in [7, 11) is -4.44. The van der Waals surface area contributed by atoms with Gasteiger partial charge >= 0.3 is 0 Å². The van der Waals surface area contributed by atoms with E-state index in [0.29, 0.717) is 0 Å². The van der Waals surface area contributed by atoms with E-state index in [4.69, 9.17) is 10.3 Å². The smallest absolute Gasteiger partial charge is 0.296 e. The molecular formula is C6H6N2O4S. The second-order valence-electron chi connectivity index (χ2n) is 2.19. The van der Waals surface area contributed by atoms with Gasteiger partial charge in [-0.25, -0.2) is 4.98 Å². The molecule has 1 amide bonds. The largest absolute Gasteiger partial charge is 0.364 e. The topological polar surface area (TPSA) is 110 Å². The summed E-state index contributed by atoms with van der Waals surface area (Å²) in [6.07, 6.45) is 1.20. The number of nitrogens with two attached hydrogens (primary N) is 1. The van der Waals surface area contributed by atoms with Crippen LogP contribution in [0.1, 0.15) is 10.5 Å². The molecule has 0 bridgehead atoms. The van der Waals surface area contributed by atoms with Crippen molar-refractivity contribution in [2.24, 2.45) is 5.73 Å². The van der Waals surface area contributed by atoms with Crippen LogP contribution in [0.15, 0.2) is 23.2 Å². The van der Waals surface area contributed by atoms with Crippen LogP contribution in [-0.4, -0.2) is 23.9 Å². The fourth-order valence-electron chi connectivity index (χ4n) is 0.784. The highest BCUT2D eigenvalue weighted by molar-refractivity contribution is 7.86. The van der Waals surface area contributed by atoms with Crippen molar-refractivity contribution < 1.29 is 17.8 Å². The standard InChI is InChI=1S/C6H6N2O4S/c7-6(9)5-4(13(10,11)12)2-1-3-8-5/h1-3H,(H2,7,9)(H,10,11,12). The van der Waals surface area contributed by atoms with E-state index < -0.39 is 26.6 Å². The molecule has 13 heavy (non-hydrogen) atoms. The molecule has 0 radical (unpaired) electrons. The molecule has 0 atom stereocenters. The lowest BCUT2D eigenvalue weighted by Gasteiger charge is -2.00. The molecule has 0 aliphatic rings. The maximum Gasteiger partial charge on any atom is 0.296 e. The van der Waals surface area contributed by atoms with Crippen molar-refractivity contribution in [3.05, 3.63) is 24.0 Å². The van der Waals surface area contributed by atoms with Crippen molar-refractivity contribution in [1.82, 2.24) is 4.98 Å². The zero-order valence-corrected chi connectivity index (χ0v) is 7.15. The number of rotatable bonds is 2. The van der Waals surface area contributed by atoms with Gasteiger partial charge in [-0.1, -0.05) is 0 Å². The van der Waals surface area contributed by atoms with Crippen LogP contribution in [0.4, 0.5) is 0 Å². The number of aromatic nitrogens is 1. The Morgan fingerprint density at radius 2 is 2.15 bits per heavy atom. The van der Waals surface area contributed by atoms with E-state index in [1.807, 2.05) is 0 Å². The summed E-state index contributed by atoms with van der Waals surface area (Å²) in [6.45, 7) is 0. The van der Waals surface area contributed by atoms with Crippen LogP contribution in [0.5, 0.6) is 0 Å². The van der Waals surface area contributed by atoms with Gasteiger partial charge in [0.15, 0.2) is 0 Å². The zero-order valence-electron chi connectivity index (χ0n) is 6.34. The van der Waals surface area contributed by atoms with Gasteiger partial charge in [0.25, 0.3) is 16.0 Å². The average molecular weight is 202 g/mol. The molecule has 0 saturated carbocycles. The van der Waals surface area contributed by atoms with Crippen LogP contribution in [0, 0.1) is 0 Å². The number of amides is 1. The number of hydrogen-bond acceptors (Lipinski definition) is 4. The molecule has 1 heterocycles. The number of carbonyl (C=O) groups is 1. The minimum atomic E-state index is -4.44. The van der Waals surface area contributed by atoms with Crippen molar-refractivity contribution in [3.63, 3.8) is 0 Å². The van der Waals surface area contributed by atoms with Gasteiger partial charge in [-0.05, 0) is 12.1 Å². The van der Waals surface area contributed by atoms with Crippen LogP contribution >= 0.6 is 0 Å². The summed E-state index contributed by atoms with van der Waals surface area (Å²) >= 11 is 0. The second kappa shape index (κ2) is 3.11. The van der Waals surface area contributed by atoms with E-state index in [-0.39, 0.29) is 0 Å². The van der Waals surface area contributed by atoms with Gasteiger partial charge in [0.1, 0.15) is 10.6 Å². The summed E-state index contributed by atoms with van der Waals surface area (Å²) in [5.41, 5.74) is 4.37. The summed E-state index contributed by atoms with van der Waals surface area (Å²) in [4.78, 5) is 13.5. The first-order valence-corrected chi connectivity index (χ1v) is 4.59. The molecule has 1 rings (SSSR count). The quantitative estimate of drug-likeness (QED) is 0.624. The molecule has 0 unspecified atom stereocenters. The van der Waals surface area contributed by atoms with Crippen molar-refractivity contribution in [2.45, 2.75) is 4.90 Å². The van der Waals surface area contributed by atoms with Gasteiger partial charge < -0.3 is 5.73 Å². The molecule has 3 N–H and O–H groups in total. The molecular weight excluding hydrogens is 196 g/mol. The first-order valence-electron chi connectivity index (χ1n) is 3.15. The number of pyridine rings is 1. The summed E-state index contributed by atoms with van der Waals surface area (Å²) in [5, 5.41) is 0. The Kier molecular flexibility index (Phi) is 2.30. The molecule has 6 nitrogen and oxygen atoms in total. The normalized spacial score (nSPS) is 11.2. The van der Waals surface area contributed by atoms with Gasteiger partial charge in [-0.3, -0.25) is 9.35 Å². The monoisotopic (exact) mass is 202 g/mol. The van der Waals surface area contributed by atoms with Gasteiger partial charge in [-0.2, -0.15) is 8.42 Å². The number of primary amides is 1. The number of nitrogens with zero attached hydrogens (tertiary/aromatic N) is 1. The molecule has 1 aromatic rings. The summed E-state index contributed by atoms with van der Waals surface area (Å²) in [6, 6.07) is 2.32. The zero-order chi connectivity index (χ0) is 10.1. The highest BCUT2D eigenvalue weighted by atomic mass is 32.2. The SMILES string of the molecule is NC(=O)c1ncccc1S(=O)(=O)O. The molecule has 0 aliphatic heterocycles. The van der Waals surface area contributed by atoms with E-state index in [1.165, 1.54) is 12.3 Å². The van der Waals surface area contributed by atoms with Crippen molar-refractivity contribution in [3.8, 4) is 0 Å². The molecule has 0 aliphatic carbocycles. The molecule has 1 aromatic heterocycles. The summed E-state index contributed by atoms with van der Waals surface area (Å²) < 4.78 is 30.0. The Labute approximate surface area is 74.1 Å². The fraction of sp³-hybridized carbons (Fsp3) is 0. The minimum absolute atomic E-state index is 0.468. The van der Waals surface area contributed by atoms with Crippen molar-refractivity contribution in [2.75, 3.05) is 0 Å². The number of hydrogen-bond donors (Lipinski definition) is 2. The van der Waals surface area contributed by atoms with Crippen LogP contribution in [-0.2, 0) is 10.1 Å². The van der Waals surface area contributed by atoms with E-state index in [1.54, 1.807) is 0 Å². The van der Waals surface area contributed by atoms with E-state index >= 15 is 0 Å². The van der Waals surface area contributed by atoms with Gasteiger partial charge in [0, 0.05) is 6.20 Å². The second-order valence-corrected chi connectivity index (χ2v) is 3.58.